The van der Waals surface area contributed by atoms with Gasteiger partial charge in [-0.3, -0.25) is 0 Å². The molecule has 3 nitrogen and oxygen atoms in total. The number of phenols is 1. The highest BCUT2D eigenvalue weighted by molar-refractivity contribution is 9.10. The third-order valence-electron chi connectivity index (χ3n) is 3.52. The van der Waals surface area contributed by atoms with E-state index in [2.05, 4.69) is 15.9 Å². The summed E-state index contributed by atoms with van der Waals surface area (Å²) in [7, 11) is 1.44. The third kappa shape index (κ3) is 1.81. The molecule has 94 valence electrons. The van der Waals surface area contributed by atoms with E-state index >= 15 is 0 Å². The van der Waals surface area contributed by atoms with E-state index in [1.54, 1.807) is 0 Å². The zero-order chi connectivity index (χ0) is 12.8. The van der Waals surface area contributed by atoms with Crippen LogP contribution in [-0.4, -0.2) is 18.3 Å². The summed E-state index contributed by atoms with van der Waals surface area (Å²) in [6.45, 7) is 1.83. The minimum atomic E-state index is -0.442. The molecule has 0 heterocycles. The van der Waals surface area contributed by atoms with E-state index < -0.39 is 11.2 Å². The zero-order valence-electron chi connectivity index (χ0n) is 9.76. The first-order valence-electron chi connectivity index (χ1n) is 5.45. The third-order valence-corrected chi connectivity index (χ3v) is 4.11. The smallest absolute Gasteiger partial charge is 0.175 e. The second-order valence-corrected chi connectivity index (χ2v) is 5.40. The molecule has 0 bridgehead atoms. The van der Waals surface area contributed by atoms with E-state index in [0.717, 1.165) is 12.8 Å². The van der Waals surface area contributed by atoms with Gasteiger partial charge in [0.15, 0.2) is 11.5 Å². The number of aromatic hydroxyl groups is 1. The van der Waals surface area contributed by atoms with Gasteiger partial charge in [0.05, 0.1) is 11.6 Å². The molecular formula is C12H15BrFNO2. The SMILES string of the molecule is COc1c(Br)cc(F)c(C2(C(C)N)CC2)c1O. The van der Waals surface area contributed by atoms with Gasteiger partial charge in [-0.15, -0.1) is 0 Å². The lowest BCUT2D eigenvalue weighted by Crippen LogP contribution is -2.32. The van der Waals surface area contributed by atoms with Gasteiger partial charge in [-0.1, -0.05) is 0 Å². The van der Waals surface area contributed by atoms with Crippen LogP contribution in [-0.2, 0) is 5.41 Å². The molecule has 1 aromatic rings. The molecule has 0 aromatic heterocycles. The molecule has 1 unspecified atom stereocenters. The molecule has 3 N–H and O–H groups in total. The molecule has 1 fully saturated rings. The average molecular weight is 304 g/mol. The Kier molecular flexibility index (Phi) is 3.08. The monoisotopic (exact) mass is 303 g/mol. The predicted molar refractivity (Wildman–Crippen MR) is 66.9 cm³/mol. The first kappa shape index (κ1) is 12.6. The number of methoxy groups -OCH3 is 1. The Labute approximate surface area is 108 Å². The number of phenolic OH excluding ortho intramolecular Hbond substituents is 1. The number of hydrogen-bond donors (Lipinski definition) is 2. The molecule has 0 spiro atoms. The van der Waals surface area contributed by atoms with Crippen molar-refractivity contribution in [1.29, 1.82) is 0 Å². The van der Waals surface area contributed by atoms with E-state index in [9.17, 15) is 9.50 Å². The quantitative estimate of drug-likeness (QED) is 0.902. The molecule has 1 aliphatic rings. The average Bonchev–Trinajstić information content (AvgIpc) is 2.98. The van der Waals surface area contributed by atoms with Crippen molar-refractivity contribution >= 4 is 15.9 Å². The Morgan fingerprint density at radius 3 is 2.59 bits per heavy atom. The van der Waals surface area contributed by atoms with Crippen molar-refractivity contribution in [3.63, 3.8) is 0 Å². The Hall–Kier alpha value is -0.810. The summed E-state index contributed by atoms with van der Waals surface area (Å²) >= 11 is 3.16. The van der Waals surface area contributed by atoms with Gasteiger partial charge < -0.3 is 15.6 Å². The van der Waals surface area contributed by atoms with Crippen molar-refractivity contribution in [1.82, 2.24) is 0 Å². The molecule has 1 atom stereocenters. The van der Waals surface area contributed by atoms with Gasteiger partial charge in [0.1, 0.15) is 5.82 Å². The molecule has 0 radical (unpaired) electrons. The highest BCUT2D eigenvalue weighted by Crippen LogP contribution is 2.56. The van der Waals surface area contributed by atoms with Gasteiger partial charge in [-0.25, -0.2) is 4.39 Å². The van der Waals surface area contributed by atoms with Crippen LogP contribution in [0.25, 0.3) is 0 Å². The molecule has 17 heavy (non-hydrogen) atoms. The molecule has 0 amide bonds. The summed E-state index contributed by atoms with van der Waals surface area (Å²) in [4.78, 5) is 0. The van der Waals surface area contributed by atoms with Crippen LogP contribution >= 0.6 is 15.9 Å². The number of rotatable bonds is 3. The lowest BCUT2D eigenvalue weighted by atomic mass is 9.88. The topological polar surface area (TPSA) is 55.5 Å². The molecule has 2 rings (SSSR count). The standard InChI is InChI=1S/C12H15BrFNO2/c1-6(15)12(3-4-12)9-8(14)5-7(13)11(17-2)10(9)16/h5-6,16H,3-4,15H2,1-2H3. The van der Waals surface area contributed by atoms with Crippen LogP contribution < -0.4 is 10.5 Å². The van der Waals surface area contributed by atoms with Gasteiger partial charge in [-0.2, -0.15) is 0 Å². The Bertz CT molecular complexity index is 458. The van der Waals surface area contributed by atoms with E-state index in [1.165, 1.54) is 13.2 Å². The normalized spacial score (nSPS) is 18.9. The molecule has 5 heteroatoms. The molecule has 1 aromatic carbocycles. The van der Waals surface area contributed by atoms with Crippen molar-refractivity contribution in [3.8, 4) is 11.5 Å². The van der Waals surface area contributed by atoms with Crippen molar-refractivity contribution in [3.05, 3.63) is 21.9 Å². The van der Waals surface area contributed by atoms with Gasteiger partial charge >= 0.3 is 0 Å². The minimum Gasteiger partial charge on any atom is -0.504 e. The molecule has 0 aliphatic heterocycles. The summed E-state index contributed by atoms with van der Waals surface area (Å²) in [6.07, 6.45) is 1.58. The van der Waals surface area contributed by atoms with E-state index in [4.69, 9.17) is 10.5 Å². The van der Waals surface area contributed by atoms with E-state index in [-0.39, 0.29) is 23.1 Å². The Morgan fingerprint density at radius 2 is 2.18 bits per heavy atom. The van der Waals surface area contributed by atoms with Gasteiger partial charge in [0, 0.05) is 17.0 Å². The number of ether oxygens (including phenoxy) is 1. The maximum Gasteiger partial charge on any atom is 0.175 e. The van der Waals surface area contributed by atoms with Crippen LogP contribution in [0.3, 0.4) is 0 Å². The predicted octanol–water partition coefficient (Wildman–Crippen LogP) is 2.68. The van der Waals surface area contributed by atoms with E-state index in [1.807, 2.05) is 6.92 Å². The van der Waals surface area contributed by atoms with Crippen LogP contribution in [0.15, 0.2) is 10.5 Å². The van der Waals surface area contributed by atoms with Crippen LogP contribution in [0.4, 0.5) is 4.39 Å². The molecule has 1 saturated carbocycles. The lowest BCUT2D eigenvalue weighted by Gasteiger charge is -2.23. The van der Waals surface area contributed by atoms with Crippen molar-refractivity contribution in [2.75, 3.05) is 7.11 Å². The molecule has 1 aliphatic carbocycles. The van der Waals surface area contributed by atoms with Crippen LogP contribution in [0.1, 0.15) is 25.3 Å². The van der Waals surface area contributed by atoms with Crippen LogP contribution in [0.2, 0.25) is 0 Å². The summed E-state index contributed by atoms with van der Waals surface area (Å²) in [6, 6.07) is 1.12. The zero-order valence-corrected chi connectivity index (χ0v) is 11.3. The largest absolute Gasteiger partial charge is 0.504 e. The fraction of sp³-hybridized carbons (Fsp3) is 0.500. The highest BCUT2D eigenvalue weighted by atomic mass is 79.9. The Balaban J connectivity index is 2.62. The van der Waals surface area contributed by atoms with Gasteiger partial charge in [0.25, 0.3) is 0 Å². The maximum absolute atomic E-state index is 14.0. The van der Waals surface area contributed by atoms with Gasteiger partial charge in [-0.05, 0) is 41.8 Å². The first-order chi connectivity index (χ1) is 7.94. The number of hydrogen-bond acceptors (Lipinski definition) is 3. The summed E-state index contributed by atoms with van der Waals surface area (Å²) in [5.41, 5.74) is 5.74. The summed E-state index contributed by atoms with van der Waals surface area (Å²) in [5.74, 6) is -0.326. The van der Waals surface area contributed by atoms with Crippen molar-refractivity contribution in [2.24, 2.45) is 5.73 Å². The van der Waals surface area contributed by atoms with Gasteiger partial charge in [0.2, 0.25) is 0 Å². The second kappa shape index (κ2) is 4.14. The highest BCUT2D eigenvalue weighted by Gasteiger charge is 2.51. The number of halogens is 2. The molecular weight excluding hydrogens is 289 g/mol. The van der Waals surface area contributed by atoms with Crippen molar-refractivity contribution in [2.45, 2.75) is 31.2 Å². The number of benzene rings is 1. The first-order valence-corrected chi connectivity index (χ1v) is 6.24. The van der Waals surface area contributed by atoms with Crippen molar-refractivity contribution < 1.29 is 14.2 Å². The summed E-state index contributed by atoms with van der Waals surface area (Å²) in [5, 5.41) is 10.1. The van der Waals surface area contributed by atoms with Crippen LogP contribution in [0.5, 0.6) is 11.5 Å². The van der Waals surface area contributed by atoms with Crippen LogP contribution in [0, 0.1) is 5.82 Å². The number of nitrogens with two attached hydrogens (primary N) is 1. The Morgan fingerprint density at radius 1 is 1.59 bits per heavy atom. The fourth-order valence-electron chi connectivity index (χ4n) is 2.32. The second-order valence-electron chi connectivity index (χ2n) is 4.54. The maximum atomic E-state index is 14.0. The fourth-order valence-corrected chi connectivity index (χ4v) is 2.87. The minimum absolute atomic E-state index is 0.144. The summed E-state index contributed by atoms with van der Waals surface area (Å²) < 4.78 is 19.5. The van der Waals surface area contributed by atoms with E-state index in [0.29, 0.717) is 4.47 Å². The lowest BCUT2D eigenvalue weighted by molar-refractivity contribution is 0.357. The molecule has 0 saturated heterocycles.